The van der Waals surface area contributed by atoms with Crippen molar-refractivity contribution in [3.8, 4) is 0 Å². The summed E-state index contributed by atoms with van der Waals surface area (Å²) in [4.78, 5) is 13.8. The van der Waals surface area contributed by atoms with E-state index in [-0.39, 0.29) is 5.91 Å². The molecule has 0 N–H and O–H groups in total. The van der Waals surface area contributed by atoms with Crippen LogP contribution in [0.25, 0.3) is 0 Å². The molecule has 0 saturated carbocycles. The third-order valence-corrected chi connectivity index (χ3v) is 3.74. The Morgan fingerprint density at radius 3 is 2.81 bits per heavy atom. The molecule has 0 fully saturated rings. The Hall–Kier alpha value is -0.830. The third-order valence-electron chi connectivity index (χ3n) is 3.26. The van der Waals surface area contributed by atoms with Crippen LogP contribution in [0.15, 0.2) is 24.3 Å². The molecular weight excluding hydrogens is 266 g/mol. The van der Waals surface area contributed by atoms with E-state index in [1.807, 2.05) is 11.0 Å². The number of alkyl halides is 1. The van der Waals surface area contributed by atoms with Gasteiger partial charge in [-0.15, -0.1) is 0 Å². The van der Waals surface area contributed by atoms with Crippen molar-refractivity contribution in [3.63, 3.8) is 0 Å². The molecule has 1 aromatic rings. The van der Waals surface area contributed by atoms with E-state index >= 15 is 0 Å². The average molecular weight is 282 g/mol. The van der Waals surface area contributed by atoms with Crippen molar-refractivity contribution >= 4 is 21.8 Å². The van der Waals surface area contributed by atoms with Gasteiger partial charge in [-0.25, -0.2) is 0 Å². The van der Waals surface area contributed by atoms with Crippen molar-refractivity contribution in [2.24, 2.45) is 0 Å². The fourth-order valence-corrected chi connectivity index (χ4v) is 2.55. The van der Waals surface area contributed by atoms with E-state index in [2.05, 4.69) is 41.1 Å². The fourth-order valence-electron chi connectivity index (χ4n) is 2.23. The van der Waals surface area contributed by atoms with Gasteiger partial charge in [-0.3, -0.25) is 4.79 Å². The Balaban J connectivity index is 2.27. The molecule has 1 aliphatic heterocycles. The highest BCUT2D eigenvalue weighted by Crippen LogP contribution is 2.22. The van der Waals surface area contributed by atoms with Crippen LogP contribution in [-0.4, -0.2) is 22.2 Å². The van der Waals surface area contributed by atoms with Crippen molar-refractivity contribution in [2.45, 2.75) is 32.4 Å². The van der Waals surface area contributed by atoms with E-state index in [1.165, 1.54) is 11.1 Å². The van der Waals surface area contributed by atoms with Crippen LogP contribution in [-0.2, 0) is 17.8 Å². The van der Waals surface area contributed by atoms with E-state index in [9.17, 15) is 4.79 Å². The number of carbonyl (C=O) groups is 1. The van der Waals surface area contributed by atoms with E-state index in [0.717, 1.165) is 19.4 Å². The Kier molecular flexibility index (Phi) is 3.64. The lowest BCUT2D eigenvalue weighted by Crippen LogP contribution is -2.37. The summed E-state index contributed by atoms with van der Waals surface area (Å²) in [5.74, 6) is 0.184. The molecule has 86 valence electrons. The van der Waals surface area contributed by atoms with Crippen LogP contribution in [0, 0.1) is 0 Å². The summed E-state index contributed by atoms with van der Waals surface area (Å²) >= 11 is 3.25. The van der Waals surface area contributed by atoms with E-state index in [0.29, 0.717) is 11.4 Å². The number of nitrogens with zero attached hydrogens (tertiary/aromatic N) is 1. The molecule has 0 radical (unpaired) electrons. The van der Waals surface area contributed by atoms with Gasteiger partial charge in [0.2, 0.25) is 5.91 Å². The number of hydrogen-bond acceptors (Lipinski definition) is 1. The highest BCUT2D eigenvalue weighted by atomic mass is 79.9. The molecule has 0 bridgehead atoms. The van der Waals surface area contributed by atoms with E-state index < -0.39 is 0 Å². The van der Waals surface area contributed by atoms with Crippen LogP contribution in [0.2, 0.25) is 0 Å². The van der Waals surface area contributed by atoms with Crippen LogP contribution < -0.4 is 0 Å². The molecule has 2 rings (SSSR count). The molecule has 1 amide bonds. The number of aryl methyl sites for hydroxylation is 1. The van der Waals surface area contributed by atoms with Gasteiger partial charge in [-0.2, -0.15) is 0 Å². The molecule has 0 unspecified atom stereocenters. The van der Waals surface area contributed by atoms with Crippen LogP contribution in [0.1, 0.15) is 24.5 Å². The summed E-state index contributed by atoms with van der Waals surface area (Å²) in [5.41, 5.74) is 2.68. The Morgan fingerprint density at radius 2 is 2.12 bits per heavy atom. The highest BCUT2D eigenvalue weighted by molar-refractivity contribution is 9.09. The van der Waals surface area contributed by atoms with E-state index in [1.54, 1.807) is 0 Å². The number of fused-ring (bicyclic) bond motifs is 1. The van der Waals surface area contributed by atoms with Crippen LogP contribution in [0.5, 0.6) is 0 Å². The topological polar surface area (TPSA) is 20.3 Å². The molecule has 16 heavy (non-hydrogen) atoms. The normalized spacial score (nSPS) is 20.1. The number of benzene rings is 1. The maximum absolute atomic E-state index is 11.8. The standard InChI is InChI=1S/C13H16BrNO/c1-10-6-7-11-4-2-3-5-12(11)9-15(10)13(16)8-14/h2-5,10H,6-9H2,1H3/t10-/m0/s1. The lowest BCUT2D eigenvalue weighted by atomic mass is 10.0. The number of hydrogen-bond donors (Lipinski definition) is 0. The molecule has 0 aliphatic carbocycles. The van der Waals surface area contributed by atoms with Crippen LogP contribution >= 0.6 is 15.9 Å². The highest BCUT2D eigenvalue weighted by Gasteiger charge is 2.23. The molecule has 1 atom stereocenters. The first-order valence-electron chi connectivity index (χ1n) is 5.64. The molecule has 1 heterocycles. The van der Waals surface area contributed by atoms with Crippen LogP contribution in [0.4, 0.5) is 0 Å². The lowest BCUT2D eigenvalue weighted by Gasteiger charge is -2.26. The summed E-state index contributed by atoms with van der Waals surface area (Å²) in [6.07, 6.45) is 2.12. The molecule has 0 spiro atoms. The second-order valence-electron chi connectivity index (χ2n) is 4.31. The molecular formula is C13H16BrNO. The first kappa shape index (κ1) is 11.6. The lowest BCUT2D eigenvalue weighted by molar-refractivity contribution is -0.130. The van der Waals surface area contributed by atoms with Crippen molar-refractivity contribution in [3.05, 3.63) is 35.4 Å². The third kappa shape index (κ3) is 2.29. The summed E-state index contributed by atoms with van der Waals surface area (Å²) in [6.45, 7) is 2.88. The zero-order chi connectivity index (χ0) is 11.5. The predicted molar refractivity (Wildman–Crippen MR) is 68.6 cm³/mol. The number of rotatable bonds is 1. The second-order valence-corrected chi connectivity index (χ2v) is 4.87. The summed E-state index contributed by atoms with van der Waals surface area (Å²) in [6, 6.07) is 8.75. The molecule has 0 aromatic heterocycles. The quantitative estimate of drug-likeness (QED) is 0.725. The van der Waals surface area contributed by atoms with Gasteiger partial charge in [0.15, 0.2) is 0 Å². The van der Waals surface area contributed by atoms with Gasteiger partial charge in [0.25, 0.3) is 0 Å². The Labute approximate surface area is 105 Å². The van der Waals surface area contributed by atoms with Gasteiger partial charge in [-0.1, -0.05) is 40.2 Å². The first-order valence-corrected chi connectivity index (χ1v) is 6.76. The zero-order valence-corrected chi connectivity index (χ0v) is 11.0. The van der Waals surface area contributed by atoms with Crippen LogP contribution in [0.3, 0.4) is 0 Å². The smallest absolute Gasteiger partial charge is 0.233 e. The summed E-state index contributed by atoms with van der Waals surface area (Å²) in [7, 11) is 0. The van der Waals surface area contributed by atoms with Crippen molar-refractivity contribution in [2.75, 3.05) is 5.33 Å². The van der Waals surface area contributed by atoms with E-state index in [4.69, 9.17) is 0 Å². The Morgan fingerprint density at radius 1 is 1.44 bits per heavy atom. The summed E-state index contributed by atoms with van der Waals surface area (Å²) < 4.78 is 0. The Bertz CT molecular complexity index is 391. The largest absolute Gasteiger partial charge is 0.335 e. The average Bonchev–Trinajstić information content (AvgIpc) is 2.48. The number of carbonyl (C=O) groups excluding carboxylic acids is 1. The summed E-state index contributed by atoms with van der Waals surface area (Å²) in [5, 5.41) is 0.416. The molecule has 2 nitrogen and oxygen atoms in total. The number of halogens is 1. The van der Waals surface area contributed by atoms with Crippen molar-refractivity contribution in [1.29, 1.82) is 0 Å². The molecule has 1 aliphatic rings. The molecule has 3 heteroatoms. The van der Waals surface area contributed by atoms with Crippen molar-refractivity contribution < 1.29 is 4.79 Å². The van der Waals surface area contributed by atoms with Crippen molar-refractivity contribution in [1.82, 2.24) is 4.90 Å². The SMILES string of the molecule is C[C@H]1CCc2ccccc2CN1C(=O)CBr. The zero-order valence-electron chi connectivity index (χ0n) is 9.45. The van der Waals surface area contributed by atoms with Gasteiger partial charge < -0.3 is 4.90 Å². The maximum atomic E-state index is 11.8. The van der Waals surface area contributed by atoms with Gasteiger partial charge in [0, 0.05) is 12.6 Å². The van der Waals surface area contributed by atoms with Gasteiger partial charge in [0.1, 0.15) is 0 Å². The second kappa shape index (κ2) is 5.00. The molecule has 0 saturated heterocycles. The fraction of sp³-hybridized carbons (Fsp3) is 0.462. The van der Waals surface area contributed by atoms with Gasteiger partial charge in [-0.05, 0) is 30.9 Å². The minimum atomic E-state index is 0.184. The number of amides is 1. The maximum Gasteiger partial charge on any atom is 0.233 e. The van der Waals surface area contributed by atoms with Gasteiger partial charge >= 0.3 is 0 Å². The minimum absolute atomic E-state index is 0.184. The first-order chi connectivity index (χ1) is 7.72. The molecule has 1 aromatic carbocycles. The predicted octanol–water partition coefficient (Wildman–Crippen LogP) is 2.74. The monoisotopic (exact) mass is 281 g/mol. The minimum Gasteiger partial charge on any atom is -0.335 e. The van der Waals surface area contributed by atoms with Gasteiger partial charge in [0.05, 0.1) is 5.33 Å².